The summed E-state index contributed by atoms with van der Waals surface area (Å²) in [6.07, 6.45) is 0.875. The minimum absolute atomic E-state index is 0.00879. The fourth-order valence-electron chi connectivity index (χ4n) is 1.77. The van der Waals surface area contributed by atoms with Crippen molar-refractivity contribution in [3.05, 3.63) is 58.1 Å². The van der Waals surface area contributed by atoms with Crippen LogP contribution < -0.4 is 5.32 Å². The molecule has 0 heterocycles. The van der Waals surface area contributed by atoms with Gasteiger partial charge in [-0.25, -0.2) is 0 Å². The number of phenols is 1. The van der Waals surface area contributed by atoms with Crippen molar-refractivity contribution in [2.24, 2.45) is 0 Å². The molecule has 5 heteroatoms. The van der Waals surface area contributed by atoms with Gasteiger partial charge in [0, 0.05) is 16.5 Å². The highest BCUT2D eigenvalue weighted by Crippen LogP contribution is 2.26. The summed E-state index contributed by atoms with van der Waals surface area (Å²) < 4.78 is 0. The fourth-order valence-corrected chi connectivity index (χ4v) is 2.16. The lowest BCUT2D eigenvalue weighted by Gasteiger charge is -2.08. The van der Waals surface area contributed by atoms with E-state index in [9.17, 15) is 9.90 Å². The van der Waals surface area contributed by atoms with E-state index in [1.165, 1.54) is 12.1 Å². The van der Waals surface area contributed by atoms with E-state index in [0.717, 1.165) is 5.56 Å². The van der Waals surface area contributed by atoms with Gasteiger partial charge >= 0.3 is 0 Å². The molecule has 0 saturated carbocycles. The van der Waals surface area contributed by atoms with E-state index in [-0.39, 0.29) is 11.7 Å². The molecule has 20 heavy (non-hydrogen) atoms. The molecule has 0 aromatic heterocycles. The molecule has 2 aromatic carbocycles. The number of phenolic OH excluding ortho intramolecular Hbond substituents is 1. The van der Waals surface area contributed by atoms with Crippen LogP contribution in [0.1, 0.15) is 12.0 Å². The number of halogens is 2. The molecule has 0 bridgehead atoms. The molecule has 104 valence electrons. The predicted octanol–water partition coefficient (Wildman–Crippen LogP) is 4.27. The summed E-state index contributed by atoms with van der Waals surface area (Å²) in [6, 6.07) is 11.9. The van der Waals surface area contributed by atoms with Crippen LogP contribution in [0.5, 0.6) is 5.75 Å². The molecule has 2 aromatic rings. The Morgan fingerprint density at radius 1 is 1.10 bits per heavy atom. The molecule has 2 N–H and O–H groups in total. The molecule has 0 spiro atoms. The summed E-state index contributed by atoms with van der Waals surface area (Å²) in [5, 5.41) is 13.3. The van der Waals surface area contributed by atoms with Crippen molar-refractivity contribution < 1.29 is 9.90 Å². The van der Waals surface area contributed by atoms with E-state index >= 15 is 0 Å². The first kappa shape index (κ1) is 14.7. The molecule has 0 atom stereocenters. The maximum atomic E-state index is 11.8. The smallest absolute Gasteiger partial charge is 0.224 e. The SMILES string of the molecule is O=C(CCc1cccc(Cl)c1)Nc1cc(Cl)ccc1O. The zero-order chi connectivity index (χ0) is 14.5. The number of amides is 1. The van der Waals surface area contributed by atoms with Crippen LogP contribution >= 0.6 is 23.2 Å². The molecule has 0 unspecified atom stereocenters. The molecule has 0 saturated heterocycles. The number of carbonyl (C=O) groups is 1. The van der Waals surface area contributed by atoms with Crippen LogP contribution in [0.3, 0.4) is 0 Å². The van der Waals surface area contributed by atoms with Crippen molar-refractivity contribution in [1.82, 2.24) is 0 Å². The fraction of sp³-hybridized carbons (Fsp3) is 0.133. The summed E-state index contributed by atoms with van der Waals surface area (Å²) in [6.45, 7) is 0. The second-order valence-corrected chi connectivity index (χ2v) is 5.21. The number of hydrogen-bond donors (Lipinski definition) is 2. The molecule has 0 aliphatic heterocycles. The van der Waals surface area contributed by atoms with Crippen molar-refractivity contribution >= 4 is 34.8 Å². The maximum absolute atomic E-state index is 11.8. The van der Waals surface area contributed by atoms with E-state index in [1.54, 1.807) is 12.1 Å². The molecule has 0 radical (unpaired) electrons. The van der Waals surface area contributed by atoms with Gasteiger partial charge in [0.05, 0.1) is 5.69 Å². The molecule has 2 rings (SSSR count). The Balaban J connectivity index is 1.94. The Hall–Kier alpha value is -1.71. The number of hydrogen-bond acceptors (Lipinski definition) is 2. The number of aryl methyl sites for hydroxylation is 1. The minimum Gasteiger partial charge on any atom is -0.506 e. The Kier molecular flexibility index (Phi) is 4.88. The van der Waals surface area contributed by atoms with Gasteiger partial charge < -0.3 is 10.4 Å². The zero-order valence-electron chi connectivity index (χ0n) is 10.6. The van der Waals surface area contributed by atoms with E-state index in [1.807, 2.05) is 18.2 Å². The number of anilines is 1. The number of aromatic hydroxyl groups is 1. The second-order valence-electron chi connectivity index (χ2n) is 4.34. The highest BCUT2D eigenvalue weighted by Gasteiger charge is 2.07. The van der Waals surface area contributed by atoms with Crippen molar-refractivity contribution in [2.45, 2.75) is 12.8 Å². The lowest BCUT2D eigenvalue weighted by molar-refractivity contribution is -0.116. The van der Waals surface area contributed by atoms with E-state index in [2.05, 4.69) is 5.32 Å². The van der Waals surface area contributed by atoms with Gasteiger partial charge in [-0.05, 0) is 42.3 Å². The summed E-state index contributed by atoms with van der Waals surface area (Å²) in [7, 11) is 0. The summed E-state index contributed by atoms with van der Waals surface area (Å²) >= 11 is 11.7. The standard InChI is InChI=1S/C15H13Cl2NO2/c16-11-3-1-2-10(8-11)4-7-15(20)18-13-9-12(17)5-6-14(13)19/h1-3,5-6,8-9,19H,4,7H2,(H,18,20). The Bertz CT molecular complexity index is 629. The largest absolute Gasteiger partial charge is 0.506 e. The average molecular weight is 310 g/mol. The number of rotatable bonds is 4. The van der Waals surface area contributed by atoms with Gasteiger partial charge in [0.2, 0.25) is 5.91 Å². The van der Waals surface area contributed by atoms with Gasteiger partial charge in [0.25, 0.3) is 0 Å². The van der Waals surface area contributed by atoms with Gasteiger partial charge in [-0.3, -0.25) is 4.79 Å². The van der Waals surface area contributed by atoms with Crippen LogP contribution in [-0.2, 0) is 11.2 Å². The van der Waals surface area contributed by atoms with Crippen LogP contribution in [0.25, 0.3) is 0 Å². The second kappa shape index (κ2) is 6.64. The molecule has 3 nitrogen and oxygen atoms in total. The van der Waals surface area contributed by atoms with Gasteiger partial charge in [-0.15, -0.1) is 0 Å². The van der Waals surface area contributed by atoms with E-state index in [4.69, 9.17) is 23.2 Å². The van der Waals surface area contributed by atoms with Crippen LogP contribution in [-0.4, -0.2) is 11.0 Å². The third-order valence-electron chi connectivity index (χ3n) is 2.76. The van der Waals surface area contributed by atoms with Crippen LogP contribution in [0.15, 0.2) is 42.5 Å². The number of nitrogens with one attached hydrogen (secondary N) is 1. The van der Waals surface area contributed by atoms with Crippen molar-refractivity contribution in [3.8, 4) is 5.75 Å². The molecule has 1 amide bonds. The summed E-state index contributed by atoms with van der Waals surface area (Å²) in [5.41, 5.74) is 1.30. The first-order valence-corrected chi connectivity index (χ1v) is 6.83. The van der Waals surface area contributed by atoms with Crippen molar-refractivity contribution in [2.75, 3.05) is 5.32 Å². The number of benzene rings is 2. The maximum Gasteiger partial charge on any atom is 0.224 e. The third kappa shape index (κ3) is 4.15. The Morgan fingerprint density at radius 3 is 2.60 bits per heavy atom. The summed E-state index contributed by atoms with van der Waals surface area (Å²) in [4.78, 5) is 11.8. The lowest BCUT2D eigenvalue weighted by Crippen LogP contribution is -2.12. The van der Waals surface area contributed by atoms with Crippen LogP contribution in [0.4, 0.5) is 5.69 Å². The summed E-state index contributed by atoms with van der Waals surface area (Å²) in [5.74, 6) is -0.201. The Labute approximate surface area is 127 Å². The van der Waals surface area contributed by atoms with E-state index in [0.29, 0.717) is 28.6 Å². The quantitative estimate of drug-likeness (QED) is 0.829. The highest BCUT2D eigenvalue weighted by atomic mass is 35.5. The molecule has 0 fully saturated rings. The third-order valence-corrected chi connectivity index (χ3v) is 3.23. The zero-order valence-corrected chi connectivity index (χ0v) is 12.1. The lowest BCUT2D eigenvalue weighted by atomic mass is 10.1. The number of carbonyl (C=O) groups excluding carboxylic acids is 1. The van der Waals surface area contributed by atoms with E-state index < -0.39 is 0 Å². The normalized spacial score (nSPS) is 10.3. The van der Waals surface area contributed by atoms with Gasteiger partial charge in [-0.1, -0.05) is 35.3 Å². The molecule has 0 aliphatic rings. The monoisotopic (exact) mass is 309 g/mol. The first-order chi connectivity index (χ1) is 9.54. The minimum atomic E-state index is -0.192. The topological polar surface area (TPSA) is 49.3 Å². The van der Waals surface area contributed by atoms with Crippen molar-refractivity contribution in [1.29, 1.82) is 0 Å². The average Bonchev–Trinajstić information content (AvgIpc) is 2.41. The molecule has 0 aliphatic carbocycles. The molecular formula is C15H13Cl2NO2. The highest BCUT2D eigenvalue weighted by molar-refractivity contribution is 6.31. The predicted molar refractivity (Wildman–Crippen MR) is 81.5 cm³/mol. The Morgan fingerprint density at radius 2 is 1.85 bits per heavy atom. The van der Waals surface area contributed by atoms with Gasteiger partial charge in [0.1, 0.15) is 5.75 Å². The first-order valence-electron chi connectivity index (χ1n) is 6.07. The van der Waals surface area contributed by atoms with Gasteiger partial charge in [-0.2, -0.15) is 0 Å². The van der Waals surface area contributed by atoms with Crippen LogP contribution in [0.2, 0.25) is 10.0 Å². The van der Waals surface area contributed by atoms with Crippen molar-refractivity contribution in [3.63, 3.8) is 0 Å². The molecular weight excluding hydrogens is 297 g/mol. The van der Waals surface area contributed by atoms with Crippen LogP contribution in [0, 0.1) is 0 Å². The van der Waals surface area contributed by atoms with Gasteiger partial charge in [0.15, 0.2) is 0 Å².